The summed E-state index contributed by atoms with van der Waals surface area (Å²) in [4.78, 5) is 2.52. The molecule has 0 bridgehead atoms. The zero-order valence-corrected chi connectivity index (χ0v) is 12.4. The molecule has 0 saturated carbocycles. The third-order valence-corrected chi connectivity index (χ3v) is 3.72. The molecule has 1 aromatic carbocycles. The van der Waals surface area contributed by atoms with Crippen molar-refractivity contribution in [3.05, 3.63) is 30.5 Å². The van der Waals surface area contributed by atoms with Crippen LogP contribution < -0.4 is 5.73 Å². The van der Waals surface area contributed by atoms with Crippen LogP contribution in [0.4, 0.5) is 5.69 Å². The highest BCUT2D eigenvalue weighted by atomic mass is 15.2. The van der Waals surface area contributed by atoms with Gasteiger partial charge in [-0.2, -0.15) is 0 Å². The Bertz CT molecular complexity index is 532. The molecule has 104 valence electrons. The molecule has 0 unspecified atom stereocenters. The molecule has 3 heteroatoms. The van der Waals surface area contributed by atoms with E-state index in [4.69, 9.17) is 5.73 Å². The molecule has 1 heterocycles. The average molecular weight is 259 g/mol. The number of hydrogen-bond acceptors (Lipinski definition) is 2. The molecule has 0 spiro atoms. The van der Waals surface area contributed by atoms with Gasteiger partial charge in [-0.1, -0.05) is 0 Å². The van der Waals surface area contributed by atoms with E-state index in [1.165, 1.54) is 10.9 Å². The Balaban J connectivity index is 2.13. The fourth-order valence-corrected chi connectivity index (χ4v) is 2.75. The summed E-state index contributed by atoms with van der Waals surface area (Å²) in [5.74, 6) is 0. The average Bonchev–Trinajstić information content (AvgIpc) is 2.71. The molecule has 2 N–H and O–H groups in total. The Labute approximate surface area is 116 Å². The van der Waals surface area contributed by atoms with Crippen LogP contribution in [0.3, 0.4) is 0 Å². The van der Waals surface area contributed by atoms with E-state index in [0.717, 1.165) is 18.8 Å². The monoisotopic (exact) mass is 259 g/mol. The van der Waals surface area contributed by atoms with Crippen molar-refractivity contribution in [3.8, 4) is 0 Å². The second kappa shape index (κ2) is 5.66. The second-order valence-electron chi connectivity index (χ2n) is 5.75. The van der Waals surface area contributed by atoms with Gasteiger partial charge in [-0.15, -0.1) is 0 Å². The molecule has 0 saturated heterocycles. The summed E-state index contributed by atoms with van der Waals surface area (Å²) in [5, 5.41) is 1.22. The van der Waals surface area contributed by atoms with Crippen LogP contribution in [0, 0.1) is 0 Å². The molecular formula is C16H25N3. The predicted octanol–water partition coefficient (Wildman–Crippen LogP) is 3.34. The molecule has 0 aliphatic carbocycles. The number of nitrogens with zero attached hydrogens (tertiary/aromatic N) is 2. The number of nitrogens with two attached hydrogens (primary N) is 1. The van der Waals surface area contributed by atoms with E-state index in [2.05, 4.69) is 55.5 Å². The van der Waals surface area contributed by atoms with Crippen LogP contribution in [0.25, 0.3) is 10.9 Å². The van der Waals surface area contributed by atoms with Crippen LogP contribution in [-0.4, -0.2) is 28.1 Å². The van der Waals surface area contributed by atoms with E-state index in [0.29, 0.717) is 12.1 Å². The van der Waals surface area contributed by atoms with Gasteiger partial charge in [-0.05, 0) is 52.0 Å². The summed E-state index contributed by atoms with van der Waals surface area (Å²) < 4.78 is 2.31. The van der Waals surface area contributed by atoms with Crippen molar-refractivity contribution in [2.24, 2.45) is 0 Å². The largest absolute Gasteiger partial charge is 0.399 e. The lowest BCUT2D eigenvalue weighted by atomic mass is 10.2. The lowest BCUT2D eigenvalue weighted by Gasteiger charge is -2.30. The number of benzene rings is 1. The fraction of sp³-hybridized carbons (Fsp3) is 0.500. The summed E-state index contributed by atoms with van der Waals surface area (Å²) >= 11 is 0. The normalized spacial score (nSPS) is 12.2. The molecule has 3 nitrogen and oxygen atoms in total. The highest BCUT2D eigenvalue weighted by molar-refractivity contribution is 5.83. The van der Waals surface area contributed by atoms with Crippen molar-refractivity contribution in [1.29, 1.82) is 0 Å². The molecule has 0 radical (unpaired) electrons. The molecule has 1 aromatic heterocycles. The quantitative estimate of drug-likeness (QED) is 0.836. The maximum atomic E-state index is 5.82. The van der Waals surface area contributed by atoms with Gasteiger partial charge < -0.3 is 10.3 Å². The van der Waals surface area contributed by atoms with Crippen LogP contribution in [0.1, 0.15) is 27.7 Å². The predicted molar refractivity (Wildman–Crippen MR) is 83.3 cm³/mol. The number of anilines is 1. The van der Waals surface area contributed by atoms with Gasteiger partial charge in [0.1, 0.15) is 0 Å². The molecule has 0 aliphatic rings. The number of rotatable bonds is 5. The summed E-state index contributed by atoms with van der Waals surface area (Å²) in [5.41, 5.74) is 7.91. The SMILES string of the molecule is CC(C)N(CCn1ccc2cc(N)ccc21)C(C)C. The minimum absolute atomic E-state index is 0.581. The Morgan fingerprint density at radius 2 is 1.79 bits per heavy atom. The highest BCUT2D eigenvalue weighted by Crippen LogP contribution is 2.19. The Morgan fingerprint density at radius 3 is 2.42 bits per heavy atom. The van der Waals surface area contributed by atoms with Crippen molar-refractivity contribution in [2.45, 2.75) is 46.3 Å². The smallest absolute Gasteiger partial charge is 0.0482 e. The number of hydrogen-bond donors (Lipinski definition) is 1. The van der Waals surface area contributed by atoms with Gasteiger partial charge in [-0.3, -0.25) is 4.90 Å². The maximum absolute atomic E-state index is 5.82. The van der Waals surface area contributed by atoms with Gasteiger partial charge in [0.25, 0.3) is 0 Å². The van der Waals surface area contributed by atoms with Crippen LogP contribution in [0.15, 0.2) is 30.5 Å². The fourth-order valence-electron chi connectivity index (χ4n) is 2.75. The number of aromatic nitrogens is 1. The van der Waals surface area contributed by atoms with E-state index in [1.54, 1.807) is 0 Å². The zero-order valence-electron chi connectivity index (χ0n) is 12.4. The van der Waals surface area contributed by atoms with Crippen LogP contribution in [-0.2, 0) is 6.54 Å². The molecule has 2 rings (SSSR count). The van der Waals surface area contributed by atoms with Crippen LogP contribution in [0.2, 0.25) is 0 Å². The Hall–Kier alpha value is -1.48. The summed E-state index contributed by atoms with van der Waals surface area (Å²) in [6.07, 6.45) is 2.16. The van der Waals surface area contributed by atoms with Crippen molar-refractivity contribution in [2.75, 3.05) is 12.3 Å². The second-order valence-corrected chi connectivity index (χ2v) is 5.75. The van der Waals surface area contributed by atoms with Gasteiger partial charge in [0.2, 0.25) is 0 Å². The van der Waals surface area contributed by atoms with Gasteiger partial charge >= 0.3 is 0 Å². The molecular weight excluding hydrogens is 234 g/mol. The molecule has 19 heavy (non-hydrogen) atoms. The third kappa shape index (κ3) is 3.10. The lowest BCUT2D eigenvalue weighted by molar-refractivity contribution is 0.169. The van der Waals surface area contributed by atoms with Gasteiger partial charge in [-0.25, -0.2) is 0 Å². The van der Waals surface area contributed by atoms with Crippen LogP contribution in [0.5, 0.6) is 0 Å². The topological polar surface area (TPSA) is 34.2 Å². The zero-order chi connectivity index (χ0) is 14.0. The third-order valence-electron chi connectivity index (χ3n) is 3.72. The molecule has 0 fully saturated rings. The van der Waals surface area contributed by atoms with Crippen molar-refractivity contribution in [1.82, 2.24) is 9.47 Å². The molecule has 0 atom stereocenters. The lowest BCUT2D eigenvalue weighted by Crippen LogP contribution is -2.39. The number of nitrogen functional groups attached to an aromatic ring is 1. The van der Waals surface area contributed by atoms with E-state index >= 15 is 0 Å². The van der Waals surface area contributed by atoms with Gasteiger partial charge in [0.05, 0.1) is 0 Å². The van der Waals surface area contributed by atoms with E-state index in [1.807, 2.05) is 12.1 Å². The number of fused-ring (bicyclic) bond motifs is 1. The minimum Gasteiger partial charge on any atom is -0.399 e. The first-order valence-electron chi connectivity index (χ1n) is 7.09. The van der Waals surface area contributed by atoms with E-state index in [9.17, 15) is 0 Å². The Kier molecular flexibility index (Phi) is 4.15. The standard InChI is InChI=1S/C16H25N3/c1-12(2)19(13(3)4)10-9-18-8-7-14-11-15(17)5-6-16(14)18/h5-8,11-13H,9-10,17H2,1-4H3. The van der Waals surface area contributed by atoms with Crippen molar-refractivity contribution >= 4 is 16.6 Å². The maximum Gasteiger partial charge on any atom is 0.0482 e. The van der Waals surface area contributed by atoms with Crippen molar-refractivity contribution < 1.29 is 0 Å². The minimum atomic E-state index is 0.581. The summed E-state index contributed by atoms with van der Waals surface area (Å²) in [6, 6.07) is 9.42. The molecule has 0 amide bonds. The Morgan fingerprint density at radius 1 is 1.11 bits per heavy atom. The first kappa shape index (κ1) is 13.9. The van der Waals surface area contributed by atoms with Gasteiger partial charge in [0, 0.05) is 48.0 Å². The summed E-state index contributed by atoms with van der Waals surface area (Å²) in [7, 11) is 0. The molecule has 0 aliphatic heterocycles. The first-order valence-corrected chi connectivity index (χ1v) is 7.09. The van der Waals surface area contributed by atoms with Crippen molar-refractivity contribution in [3.63, 3.8) is 0 Å². The summed E-state index contributed by atoms with van der Waals surface area (Å²) in [6.45, 7) is 11.1. The van der Waals surface area contributed by atoms with E-state index < -0.39 is 0 Å². The first-order chi connectivity index (χ1) is 8.99. The van der Waals surface area contributed by atoms with E-state index in [-0.39, 0.29) is 0 Å². The molecule has 2 aromatic rings. The van der Waals surface area contributed by atoms with Crippen LogP contribution >= 0.6 is 0 Å². The highest BCUT2D eigenvalue weighted by Gasteiger charge is 2.13. The van der Waals surface area contributed by atoms with Gasteiger partial charge in [0.15, 0.2) is 0 Å².